The van der Waals surface area contributed by atoms with Crippen LogP contribution in [0.1, 0.15) is 11.1 Å². The largest absolute Gasteiger partial charge is 0.479 e. The lowest BCUT2D eigenvalue weighted by atomic mass is 10.2. The zero-order valence-corrected chi connectivity index (χ0v) is 31.2. The van der Waals surface area contributed by atoms with Crippen LogP contribution >= 0.6 is 15.2 Å². The first-order valence-corrected chi connectivity index (χ1v) is 19.7. The van der Waals surface area contributed by atoms with Gasteiger partial charge in [-0.25, -0.2) is 9.97 Å². The number of imidazole rings is 2. The summed E-state index contributed by atoms with van der Waals surface area (Å²) in [6.07, 6.45) is 2.28. The van der Waals surface area contributed by atoms with Gasteiger partial charge >= 0.3 is 15.2 Å². The van der Waals surface area contributed by atoms with E-state index < -0.39 is 21.5 Å². The van der Waals surface area contributed by atoms with E-state index in [4.69, 9.17) is 49.2 Å². The maximum Gasteiger partial charge on any atom is 0.356 e. The van der Waals surface area contributed by atoms with Gasteiger partial charge in [0, 0.05) is 13.1 Å². The van der Waals surface area contributed by atoms with Gasteiger partial charge in [0.15, 0.2) is 22.3 Å². The van der Waals surface area contributed by atoms with Crippen LogP contribution in [-0.4, -0.2) is 89.0 Å². The fourth-order valence-electron chi connectivity index (χ4n) is 4.77. The smallest absolute Gasteiger partial charge is 0.356 e. The molecule has 6 N–H and O–H groups in total. The van der Waals surface area contributed by atoms with Gasteiger partial charge in [0.05, 0.1) is 53.3 Å². The number of nitrogens with two attached hydrogens (primary N) is 2. The third kappa shape index (κ3) is 11.5. The molecule has 0 aliphatic carbocycles. The number of hydrogen-bond acceptors (Lipinski definition) is 16. The molecule has 0 aliphatic rings. The third-order valence-electron chi connectivity index (χ3n) is 7.29. The molecule has 0 spiro atoms. The normalized spacial score (nSPS) is 11.8. The molecule has 0 saturated heterocycles. The highest BCUT2D eigenvalue weighted by atomic mass is 31.2. The summed E-state index contributed by atoms with van der Waals surface area (Å²) < 4.78 is 59.8. The molecular weight excluding hydrogens is 746 g/mol. The van der Waals surface area contributed by atoms with Crippen molar-refractivity contribution in [1.29, 1.82) is 0 Å². The summed E-state index contributed by atoms with van der Waals surface area (Å²) in [4.78, 5) is 41.9. The lowest BCUT2D eigenvalue weighted by Gasteiger charge is -2.19. The Morgan fingerprint density at radius 1 is 0.648 bits per heavy atom. The molecule has 4 heterocycles. The number of nitrogen functional groups attached to an aromatic ring is 2. The van der Waals surface area contributed by atoms with E-state index in [-0.39, 0.29) is 50.6 Å². The Hall–Kier alpha value is -5.04. The maximum absolute atomic E-state index is 13.4. The Morgan fingerprint density at radius 2 is 1.07 bits per heavy atom. The molecule has 4 aromatic heterocycles. The van der Waals surface area contributed by atoms with Gasteiger partial charge in [0.25, 0.3) is 0 Å². The summed E-state index contributed by atoms with van der Waals surface area (Å²) >= 11 is 0. The summed E-state index contributed by atoms with van der Waals surface area (Å²) in [5.41, 5.74) is 15.0. The highest BCUT2D eigenvalue weighted by Crippen LogP contribution is 2.49. The average molecular weight is 787 g/mol. The first kappa shape index (κ1) is 40.2. The van der Waals surface area contributed by atoms with Gasteiger partial charge in [-0.15, -0.1) is 0 Å². The standard InChI is InChI=1S/C23H26N5O5P.C9H14N5O5P/c1-30-22-20-21(26-23(24)27-22)28(16-25-20)12-13-31-17-34(29,32-14-18-8-4-2-5-9-18)33-15-19-10-6-3-7-11-19;1-18-8-6-7(12-9(10)13-8)14(4-11-6)2-3-19-5-20(15,16)17/h2-11,16H,12-15,17H2,1H3,(H2,24,26,27);4H,2-3,5H2,1H3,(H2,10,12,13)(H2,15,16,17). The second kappa shape index (κ2) is 18.8. The first-order valence-electron chi connectivity index (χ1n) is 16.2. The van der Waals surface area contributed by atoms with E-state index in [2.05, 4.69) is 29.9 Å². The molecule has 0 fully saturated rings. The SMILES string of the molecule is COc1nc(N)nc2c1ncn2CCOCP(=O)(O)O.COc1nc(N)nc2c1ncn2CCOCP(=O)(OCc1ccccc1)OCc1ccccc1. The number of methoxy groups -OCH3 is 2. The Labute approximate surface area is 309 Å². The number of benzene rings is 2. The number of rotatable bonds is 18. The predicted octanol–water partition coefficient (Wildman–Crippen LogP) is 3.59. The fraction of sp³-hybridized carbons (Fsp3) is 0.312. The molecule has 22 heteroatoms. The van der Waals surface area contributed by atoms with Gasteiger partial charge < -0.3 is 58.4 Å². The van der Waals surface area contributed by atoms with Crippen LogP contribution in [0.5, 0.6) is 11.8 Å². The number of anilines is 2. The molecule has 0 saturated carbocycles. The quantitative estimate of drug-likeness (QED) is 0.0716. The van der Waals surface area contributed by atoms with Crippen LogP contribution in [0, 0.1) is 0 Å². The number of ether oxygens (including phenoxy) is 4. The van der Waals surface area contributed by atoms with Crippen LogP contribution < -0.4 is 20.9 Å². The molecule has 20 nitrogen and oxygen atoms in total. The molecular formula is C32H40N10O10P2. The van der Waals surface area contributed by atoms with Gasteiger partial charge in [-0.3, -0.25) is 9.13 Å². The molecule has 6 rings (SSSR count). The Balaban J connectivity index is 0.000000239. The number of hydrogen-bond donors (Lipinski definition) is 4. The molecule has 0 aliphatic heterocycles. The van der Waals surface area contributed by atoms with Crippen LogP contribution in [0.25, 0.3) is 22.3 Å². The minimum Gasteiger partial charge on any atom is -0.479 e. The second-order valence-corrected chi connectivity index (χ2v) is 14.9. The van der Waals surface area contributed by atoms with Crippen LogP contribution in [0.3, 0.4) is 0 Å². The van der Waals surface area contributed by atoms with Crippen LogP contribution in [0.4, 0.5) is 11.9 Å². The monoisotopic (exact) mass is 786 g/mol. The van der Waals surface area contributed by atoms with E-state index in [0.717, 1.165) is 11.1 Å². The molecule has 0 bridgehead atoms. The average Bonchev–Trinajstić information content (AvgIpc) is 3.77. The summed E-state index contributed by atoms with van der Waals surface area (Å²) in [7, 11) is -4.75. The zero-order valence-electron chi connectivity index (χ0n) is 29.4. The van der Waals surface area contributed by atoms with E-state index in [1.807, 2.05) is 60.7 Å². The Morgan fingerprint density at radius 3 is 1.48 bits per heavy atom. The molecule has 54 heavy (non-hydrogen) atoms. The van der Waals surface area contributed by atoms with E-state index >= 15 is 0 Å². The molecule has 0 amide bonds. The fourth-order valence-corrected chi connectivity index (χ4v) is 6.41. The summed E-state index contributed by atoms with van der Waals surface area (Å²) in [6, 6.07) is 19.0. The number of nitrogens with zero attached hydrogens (tertiary/aromatic N) is 8. The van der Waals surface area contributed by atoms with Crippen molar-refractivity contribution in [2.24, 2.45) is 0 Å². The number of fused-ring (bicyclic) bond motifs is 2. The van der Waals surface area contributed by atoms with Gasteiger partial charge in [-0.1, -0.05) is 60.7 Å². The lowest BCUT2D eigenvalue weighted by Crippen LogP contribution is -2.10. The summed E-state index contributed by atoms with van der Waals surface area (Å²) in [5, 5.41) is 0. The van der Waals surface area contributed by atoms with Gasteiger partial charge in [0.2, 0.25) is 23.7 Å². The molecule has 0 unspecified atom stereocenters. The van der Waals surface area contributed by atoms with E-state index in [1.54, 1.807) is 15.5 Å². The van der Waals surface area contributed by atoms with Crippen LogP contribution in [-0.2, 0) is 54.0 Å². The minimum atomic E-state index is -4.15. The highest BCUT2D eigenvalue weighted by molar-refractivity contribution is 7.53. The Bertz CT molecular complexity index is 2160. The lowest BCUT2D eigenvalue weighted by molar-refractivity contribution is 0.117. The van der Waals surface area contributed by atoms with Crippen molar-refractivity contribution >= 4 is 49.4 Å². The van der Waals surface area contributed by atoms with Gasteiger partial charge in [-0.2, -0.15) is 19.9 Å². The summed E-state index contributed by atoms with van der Waals surface area (Å²) in [5.74, 6) is 0.699. The summed E-state index contributed by atoms with van der Waals surface area (Å²) in [6.45, 7) is 1.34. The maximum atomic E-state index is 13.4. The van der Waals surface area contributed by atoms with E-state index in [1.165, 1.54) is 20.5 Å². The zero-order chi connectivity index (χ0) is 38.6. The third-order valence-corrected chi connectivity index (χ3v) is 9.35. The van der Waals surface area contributed by atoms with Crippen molar-refractivity contribution < 1.29 is 46.9 Å². The minimum absolute atomic E-state index is 0.0484. The van der Waals surface area contributed by atoms with Gasteiger partial charge in [0.1, 0.15) is 12.7 Å². The van der Waals surface area contributed by atoms with E-state index in [9.17, 15) is 9.13 Å². The highest BCUT2D eigenvalue weighted by Gasteiger charge is 2.26. The molecule has 288 valence electrons. The topological polar surface area (TPSA) is 269 Å². The molecule has 0 atom stereocenters. The van der Waals surface area contributed by atoms with Crippen molar-refractivity contribution in [2.45, 2.75) is 26.3 Å². The molecule has 0 radical (unpaired) electrons. The first-order chi connectivity index (χ1) is 26.0. The number of aromatic nitrogens is 8. The molecule has 2 aromatic carbocycles. The van der Waals surface area contributed by atoms with Crippen molar-refractivity contribution in [3.8, 4) is 11.8 Å². The van der Waals surface area contributed by atoms with Crippen LogP contribution in [0.2, 0.25) is 0 Å². The van der Waals surface area contributed by atoms with Crippen molar-refractivity contribution in [1.82, 2.24) is 39.0 Å². The van der Waals surface area contributed by atoms with Gasteiger partial charge in [-0.05, 0) is 11.1 Å². The Kier molecular flexibility index (Phi) is 14.0. The van der Waals surface area contributed by atoms with Crippen molar-refractivity contribution in [3.05, 3.63) is 84.4 Å². The van der Waals surface area contributed by atoms with Crippen molar-refractivity contribution in [3.63, 3.8) is 0 Å². The second-order valence-electron chi connectivity index (χ2n) is 11.3. The predicted molar refractivity (Wildman–Crippen MR) is 196 cm³/mol. The van der Waals surface area contributed by atoms with Crippen molar-refractivity contribution in [2.75, 3.05) is 51.6 Å². The van der Waals surface area contributed by atoms with Crippen LogP contribution in [0.15, 0.2) is 73.3 Å². The van der Waals surface area contributed by atoms with E-state index in [0.29, 0.717) is 41.3 Å². The molecule has 6 aromatic rings.